The van der Waals surface area contributed by atoms with Crippen molar-refractivity contribution in [2.24, 2.45) is 5.92 Å². The number of aryl methyl sites for hydroxylation is 1. The molecule has 1 saturated heterocycles. The molecule has 1 aliphatic rings. The molecule has 0 aliphatic carbocycles. The van der Waals surface area contributed by atoms with Crippen LogP contribution < -0.4 is 14.8 Å². The molecule has 1 aliphatic heterocycles. The maximum absolute atomic E-state index is 13.3. The minimum Gasteiger partial charge on any atom is -0.494 e. The summed E-state index contributed by atoms with van der Waals surface area (Å²) >= 11 is 0. The van der Waals surface area contributed by atoms with E-state index in [0.29, 0.717) is 48.9 Å². The zero-order valence-electron chi connectivity index (χ0n) is 19.9. The summed E-state index contributed by atoms with van der Waals surface area (Å²) in [6.07, 6.45) is 1.22. The molecule has 0 unspecified atom stereocenters. The minimum absolute atomic E-state index is 0.127. The van der Waals surface area contributed by atoms with E-state index >= 15 is 0 Å². The molecule has 0 radical (unpaired) electrons. The second kappa shape index (κ2) is 10.9. The highest BCUT2D eigenvalue weighted by Gasteiger charge is 2.33. The number of hydrogen-bond donors (Lipinski definition) is 1. The maximum atomic E-state index is 13.3. The van der Waals surface area contributed by atoms with Gasteiger partial charge in [-0.25, -0.2) is 8.42 Å². The van der Waals surface area contributed by atoms with Crippen LogP contribution in [0, 0.1) is 12.8 Å². The third kappa shape index (κ3) is 5.83. The number of carbonyl (C=O) groups is 1. The van der Waals surface area contributed by atoms with Gasteiger partial charge < -0.3 is 14.8 Å². The molecule has 0 bridgehead atoms. The molecule has 0 saturated carbocycles. The van der Waals surface area contributed by atoms with Gasteiger partial charge in [-0.15, -0.1) is 0 Å². The average molecular weight is 495 g/mol. The van der Waals surface area contributed by atoms with Crippen molar-refractivity contribution < 1.29 is 22.7 Å². The second-order valence-corrected chi connectivity index (χ2v) is 10.4. The summed E-state index contributed by atoms with van der Waals surface area (Å²) in [4.78, 5) is 13.4. The Morgan fingerprint density at radius 2 is 1.77 bits per heavy atom. The van der Waals surface area contributed by atoms with Gasteiger partial charge in [0.05, 0.1) is 23.1 Å². The van der Waals surface area contributed by atoms with E-state index < -0.39 is 15.9 Å². The smallest absolute Gasteiger partial charge is 0.243 e. The highest BCUT2D eigenvalue weighted by Crippen LogP contribution is 2.31. The second-order valence-electron chi connectivity index (χ2n) is 8.46. The van der Waals surface area contributed by atoms with Gasteiger partial charge in [0.15, 0.2) is 5.75 Å². The SMILES string of the molecule is CCOc1ccc(S(=O)(=O)N2CCC[C@H](C(=O)Nc3ccccc3Oc3ccccc3)C2)cc1C. The summed E-state index contributed by atoms with van der Waals surface area (Å²) in [5.41, 5.74) is 1.30. The van der Waals surface area contributed by atoms with Crippen LogP contribution in [0.5, 0.6) is 17.2 Å². The van der Waals surface area contributed by atoms with Gasteiger partial charge in [-0.1, -0.05) is 30.3 Å². The van der Waals surface area contributed by atoms with Crippen LogP contribution in [-0.4, -0.2) is 38.3 Å². The molecule has 1 heterocycles. The van der Waals surface area contributed by atoms with E-state index in [4.69, 9.17) is 9.47 Å². The number of piperidine rings is 1. The molecule has 1 amide bonds. The average Bonchev–Trinajstić information content (AvgIpc) is 2.87. The van der Waals surface area contributed by atoms with Crippen molar-refractivity contribution in [2.45, 2.75) is 31.6 Å². The number of nitrogens with one attached hydrogen (secondary N) is 1. The van der Waals surface area contributed by atoms with Crippen LogP contribution in [-0.2, 0) is 14.8 Å². The monoisotopic (exact) mass is 494 g/mol. The van der Waals surface area contributed by atoms with Crippen molar-refractivity contribution in [3.05, 3.63) is 78.4 Å². The van der Waals surface area contributed by atoms with E-state index in [1.165, 1.54) is 4.31 Å². The maximum Gasteiger partial charge on any atom is 0.243 e. The lowest BCUT2D eigenvalue weighted by atomic mass is 9.98. The molecule has 1 atom stereocenters. The predicted octanol–water partition coefficient (Wildman–Crippen LogP) is 5.23. The molecule has 8 heteroatoms. The van der Waals surface area contributed by atoms with Gasteiger partial charge in [0.2, 0.25) is 15.9 Å². The Morgan fingerprint density at radius 3 is 2.51 bits per heavy atom. The molecule has 35 heavy (non-hydrogen) atoms. The lowest BCUT2D eigenvalue weighted by Gasteiger charge is -2.31. The van der Waals surface area contributed by atoms with Crippen molar-refractivity contribution in [1.29, 1.82) is 0 Å². The van der Waals surface area contributed by atoms with Crippen LogP contribution in [0.25, 0.3) is 0 Å². The zero-order valence-corrected chi connectivity index (χ0v) is 20.8. The van der Waals surface area contributed by atoms with Crippen LogP contribution >= 0.6 is 0 Å². The molecule has 0 aromatic heterocycles. The highest BCUT2D eigenvalue weighted by molar-refractivity contribution is 7.89. The fraction of sp³-hybridized carbons (Fsp3) is 0.296. The van der Waals surface area contributed by atoms with Crippen molar-refractivity contribution in [1.82, 2.24) is 4.31 Å². The van der Waals surface area contributed by atoms with Crippen molar-refractivity contribution >= 4 is 21.6 Å². The van der Waals surface area contributed by atoms with E-state index in [1.807, 2.05) is 56.3 Å². The number of ether oxygens (including phenoxy) is 2. The summed E-state index contributed by atoms with van der Waals surface area (Å²) in [5, 5.41) is 2.94. The largest absolute Gasteiger partial charge is 0.494 e. The quantitative estimate of drug-likeness (QED) is 0.464. The summed E-state index contributed by atoms with van der Waals surface area (Å²) in [7, 11) is -3.73. The van der Waals surface area contributed by atoms with Crippen molar-refractivity contribution in [3.8, 4) is 17.2 Å². The number of sulfonamides is 1. The summed E-state index contributed by atoms with van der Waals surface area (Å²) in [5.74, 6) is 1.16. The topological polar surface area (TPSA) is 84.9 Å². The Bertz CT molecular complexity index is 1280. The van der Waals surface area contributed by atoms with E-state index in [1.54, 1.807) is 30.3 Å². The van der Waals surface area contributed by atoms with Crippen molar-refractivity contribution in [2.75, 3.05) is 25.0 Å². The van der Waals surface area contributed by atoms with E-state index in [2.05, 4.69) is 5.32 Å². The summed E-state index contributed by atoms with van der Waals surface area (Å²) < 4.78 is 39.5. The number of hydrogen-bond acceptors (Lipinski definition) is 5. The first kappa shape index (κ1) is 24.8. The van der Waals surface area contributed by atoms with Gasteiger partial charge in [0, 0.05) is 13.1 Å². The first-order valence-corrected chi connectivity index (χ1v) is 13.2. The number of carbonyl (C=O) groups excluding carboxylic acids is 1. The van der Waals surface area contributed by atoms with Crippen LogP contribution in [0.3, 0.4) is 0 Å². The van der Waals surface area contributed by atoms with Crippen molar-refractivity contribution in [3.63, 3.8) is 0 Å². The Kier molecular flexibility index (Phi) is 7.73. The number of benzene rings is 3. The van der Waals surface area contributed by atoms with Gasteiger partial charge in [0.1, 0.15) is 11.5 Å². The lowest BCUT2D eigenvalue weighted by molar-refractivity contribution is -0.120. The van der Waals surface area contributed by atoms with E-state index in [9.17, 15) is 13.2 Å². The van der Waals surface area contributed by atoms with Gasteiger partial charge >= 0.3 is 0 Å². The fourth-order valence-corrected chi connectivity index (χ4v) is 5.74. The molecule has 7 nitrogen and oxygen atoms in total. The molecular weight excluding hydrogens is 464 g/mol. The molecule has 0 spiro atoms. The number of rotatable bonds is 8. The molecule has 4 rings (SSSR count). The Hall–Kier alpha value is -3.36. The first-order valence-electron chi connectivity index (χ1n) is 11.7. The highest BCUT2D eigenvalue weighted by atomic mass is 32.2. The van der Waals surface area contributed by atoms with Crippen LogP contribution in [0.2, 0.25) is 0 Å². The number of anilines is 1. The van der Waals surface area contributed by atoms with Crippen LogP contribution in [0.4, 0.5) is 5.69 Å². The number of amides is 1. The van der Waals surface area contributed by atoms with Gasteiger partial charge in [-0.2, -0.15) is 4.31 Å². The normalized spacial score (nSPS) is 16.5. The summed E-state index contributed by atoms with van der Waals surface area (Å²) in [6.45, 7) is 4.73. The van der Waals surface area contributed by atoms with E-state index in [0.717, 1.165) is 5.56 Å². The molecule has 1 fully saturated rings. The number of nitrogens with zero attached hydrogens (tertiary/aromatic N) is 1. The lowest BCUT2D eigenvalue weighted by Crippen LogP contribution is -2.43. The van der Waals surface area contributed by atoms with Crippen LogP contribution in [0.15, 0.2) is 77.7 Å². The van der Waals surface area contributed by atoms with Gasteiger partial charge in [-0.05, 0) is 74.7 Å². The molecule has 3 aromatic rings. The molecular formula is C27H30N2O5S. The predicted molar refractivity (Wildman–Crippen MR) is 135 cm³/mol. The summed E-state index contributed by atoms with van der Waals surface area (Å²) in [6, 6.07) is 21.4. The first-order chi connectivity index (χ1) is 16.9. The zero-order chi connectivity index (χ0) is 24.8. The molecule has 1 N–H and O–H groups in total. The van der Waals surface area contributed by atoms with Gasteiger partial charge in [-0.3, -0.25) is 4.79 Å². The standard InChI is InChI=1S/C27H30N2O5S/c1-3-33-25-16-15-23(18-20(25)2)35(31,32)29-17-9-10-21(19-29)27(30)28-24-13-7-8-14-26(24)34-22-11-5-4-6-12-22/h4-8,11-16,18,21H,3,9-10,17,19H2,1-2H3,(H,28,30)/t21-/m0/s1. The Labute approximate surface area is 206 Å². The Morgan fingerprint density at radius 1 is 1.03 bits per heavy atom. The van der Waals surface area contributed by atoms with Gasteiger partial charge in [0.25, 0.3) is 0 Å². The third-order valence-electron chi connectivity index (χ3n) is 5.95. The molecule has 3 aromatic carbocycles. The Balaban J connectivity index is 1.47. The minimum atomic E-state index is -3.73. The van der Waals surface area contributed by atoms with E-state index in [-0.39, 0.29) is 17.3 Å². The fourth-order valence-electron chi connectivity index (χ4n) is 4.13. The molecule has 184 valence electrons. The van der Waals surface area contributed by atoms with Crippen LogP contribution in [0.1, 0.15) is 25.3 Å². The third-order valence-corrected chi connectivity index (χ3v) is 7.82. The number of para-hydroxylation sites is 3.